The molecule has 0 spiro atoms. The van der Waals surface area contributed by atoms with E-state index in [0.717, 1.165) is 48.0 Å². The van der Waals surface area contributed by atoms with Gasteiger partial charge in [-0.3, -0.25) is 9.10 Å². The molecule has 1 amide bonds. The van der Waals surface area contributed by atoms with E-state index in [-0.39, 0.29) is 31.8 Å². The summed E-state index contributed by atoms with van der Waals surface area (Å²) >= 11 is 12.1. The number of carbonyl (C=O) groups excluding carboxylic acids is 1. The van der Waals surface area contributed by atoms with E-state index in [1.807, 2.05) is 30.3 Å². The number of amides is 1. The van der Waals surface area contributed by atoms with E-state index in [2.05, 4.69) is 0 Å². The smallest absolute Gasteiger partial charge is 0.332 e. The second-order valence-corrected chi connectivity index (χ2v) is 16.7. The average Bonchev–Trinajstić information content (AvgIpc) is 3.65. The fraction of sp³-hybridized carbons (Fsp3) is 0.158. The predicted octanol–water partition coefficient (Wildman–Crippen LogP) is 7.85. The minimum atomic E-state index is -5.13. The molecule has 1 heterocycles. The maximum atomic E-state index is 16.9. The summed E-state index contributed by atoms with van der Waals surface area (Å²) in [6.45, 7) is -0.425. The zero-order chi connectivity index (χ0) is 38.8. The molecule has 0 aliphatic carbocycles. The number of rotatable bonds is 12. The molecule has 2 atom stereocenters. The number of likely N-dealkylation sites (tertiary alicyclic amines) is 1. The van der Waals surface area contributed by atoms with Crippen LogP contribution in [-0.4, -0.2) is 51.8 Å². The highest BCUT2D eigenvalue weighted by atomic mass is 35.5. The lowest BCUT2D eigenvalue weighted by Gasteiger charge is -2.32. The molecular weight excluding hydrogens is 783 g/mol. The van der Waals surface area contributed by atoms with Crippen LogP contribution in [0.1, 0.15) is 36.1 Å². The van der Waals surface area contributed by atoms with Crippen LogP contribution in [0.3, 0.4) is 0 Å². The Labute approximate surface area is 320 Å². The van der Waals surface area contributed by atoms with Crippen LogP contribution < -0.4 is 8.61 Å². The first-order chi connectivity index (χ1) is 25.7. The van der Waals surface area contributed by atoms with E-state index in [1.54, 1.807) is 4.90 Å². The van der Waals surface area contributed by atoms with Crippen LogP contribution in [0, 0.1) is 11.6 Å². The number of aliphatic carboxylic acids is 1. The van der Waals surface area contributed by atoms with Crippen molar-refractivity contribution in [3.8, 4) is 0 Å². The lowest BCUT2D eigenvalue weighted by molar-refractivity contribution is -0.138. The van der Waals surface area contributed by atoms with Crippen molar-refractivity contribution in [1.82, 2.24) is 4.90 Å². The Kier molecular flexibility index (Phi) is 11.3. The predicted molar refractivity (Wildman–Crippen MR) is 200 cm³/mol. The van der Waals surface area contributed by atoms with Gasteiger partial charge in [0.05, 0.1) is 17.4 Å². The number of halogens is 4. The van der Waals surface area contributed by atoms with Crippen molar-refractivity contribution in [3.63, 3.8) is 0 Å². The van der Waals surface area contributed by atoms with Gasteiger partial charge in [-0.1, -0.05) is 77.8 Å². The molecule has 0 radical (unpaired) electrons. The molecule has 6 rings (SSSR count). The third kappa shape index (κ3) is 7.65. The van der Waals surface area contributed by atoms with E-state index in [9.17, 15) is 31.5 Å². The van der Waals surface area contributed by atoms with Crippen molar-refractivity contribution in [2.75, 3.05) is 21.7 Å². The minimum absolute atomic E-state index is 0.0484. The number of hydrogen-bond donors (Lipinski definition) is 1. The molecule has 54 heavy (non-hydrogen) atoms. The molecule has 1 saturated heterocycles. The lowest BCUT2D eigenvalue weighted by Crippen LogP contribution is -2.43. The lowest BCUT2D eigenvalue weighted by atomic mass is 10.0. The number of carbonyl (C=O) groups is 2. The molecule has 1 aliphatic rings. The first-order valence-electron chi connectivity index (χ1n) is 16.4. The van der Waals surface area contributed by atoms with Crippen molar-refractivity contribution in [2.45, 2.75) is 34.7 Å². The Hall–Kier alpha value is -5.02. The third-order valence-corrected chi connectivity index (χ3v) is 13.1. The number of carboxylic acids is 1. The summed E-state index contributed by atoms with van der Waals surface area (Å²) in [6, 6.07) is 23.7. The van der Waals surface area contributed by atoms with Gasteiger partial charge in [0.25, 0.3) is 20.0 Å². The van der Waals surface area contributed by atoms with Crippen LogP contribution in [0.5, 0.6) is 0 Å². The van der Waals surface area contributed by atoms with Crippen molar-refractivity contribution in [1.29, 1.82) is 0 Å². The molecule has 0 saturated carbocycles. The van der Waals surface area contributed by atoms with Crippen LogP contribution in [0.2, 0.25) is 10.0 Å². The van der Waals surface area contributed by atoms with Gasteiger partial charge in [-0.25, -0.2) is 34.7 Å². The first kappa shape index (κ1) is 38.7. The topological polar surface area (TPSA) is 132 Å². The Bertz CT molecular complexity index is 2410. The highest BCUT2D eigenvalue weighted by Crippen LogP contribution is 2.39. The molecule has 0 bridgehead atoms. The van der Waals surface area contributed by atoms with Gasteiger partial charge in [0, 0.05) is 22.2 Å². The van der Waals surface area contributed by atoms with Gasteiger partial charge in [-0.15, -0.1) is 0 Å². The highest BCUT2D eigenvalue weighted by Gasteiger charge is 2.42. The number of hydrogen-bond acceptors (Lipinski definition) is 6. The van der Waals surface area contributed by atoms with Gasteiger partial charge in [0.2, 0.25) is 5.91 Å². The molecule has 280 valence electrons. The summed E-state index contributed by atoms with van der Waals surface area (Å²) in [5.74, 6) is -5.32. The summed E-state index contributed by atoms with van der Waals surface area (Å²) in [7, 11) is -10.2. The van der Waals surface area contributed by atoms with E-state index < -0.39 is 71.5 Å². The van der Waals surface area contributed by atoms with Gasteiger partial charge in [0.1, 0.15) is 28.0 Å². The van der Waals surface area contributed by atoms with Crippen molar-refractivity contribution in [3.05, 3.63) is 154 Å². The summed E-state index contributed by atoms with van der Waals surface area (Å²) < 4.78 is 90.4. The molecule has 2 unspecified atom stereocenters. The molecule has 5 aromatic rings. The van der Waals surface area contributed by atoms with Gasteiger partial charge < -0.3 is 10.0 Å². The Balaban J connectivity index is 1.47. The molecule has 1 fully saturated rings. The Morgan fingerprint density at radius 2 is 1.31 bits per heavy atom. The number of benzene rings is 5. The van der Waals surface area contributed by atoms with Crippen molar-refractivity contribution < 1.29 is 40.3 Å². The SMILES string of the molecule is O=C(O)C(c1cccc(S(=O)(=O)N(CC(=O)N2CCCC2c2ccccc2)c2ccc(Cl)cc2)c1F)N(c1ccc(Cl)cc1)S(=O)(=O)c1ccccc1F. The fourth-order valence-electron chi connectivity index (χ4n) is 6.41. The second-order valence-electron chi connectivity index (χ2n) is 12.3. The van der Waals surface area contributed by atoms with Crippen LogP contribution >= 0.6 is 23.2 Å². The summed E-state index contributed by atoms with van der Waals surface area (Å²) in [5.41, 5.74) is -0.412. The Morgan fingerprint density at radius 1 is 0.741 bits per heavy atom. The number of nitrogens with zero attached hydrogens (tertiary/aromatic N) is 3. The molecule has 10 nitrogen and oxygen atoms in total. The van der Waals surface area contributed by atoms with Gasteiger partial charge >= 0.3 is 5.97 Å². The van der Waals surface area contributed by atoms with E-state index in [1.165, 1.54) is 48.5 Å². The maximum Gasteiger partial charge on any atom is 0.332 e. The summed E-state index contributed by atoms with van der Waals surface area (Å²) in [4.78, 5) is 26.6. The maximum absolute atomic E-state index is 16.9. The molecule has 0 aromatic heterocycles. The van der Waals surface area contributed by atoms with E-state index in [4.69, 9.17) is 23.2 Å². The van der Waals surface area contributed by atoms with Gasteiger partial charge in [-0.05, 0) is 85.1 Å². The van der Waals surface area contributed by atoms with Crippen LogP contribution in [0.25, 0.3) is 0 Å². The monoisotopic (exact) mass is 813 g/mol. The van der Waals surface area contributed by atoms with Crippen LogP contribution in [0.15, 0.2) is 131 Å². The Morgan fingerprint density at radius 3 is 1.93 bits per heavy atom. The quantitative estimate of drug-likeness (QED) is 0.136. The van der Waals surface area contributed by atoms with E-state index >= 15 is 8.78 Å². The zero-order valence-electron chi connectivity index (χ0n) is 28.1. The summed E-state index contributed by atoms with van der Waals surface area (Å²) in [6.07, 6.45) is 1.29. The molecule has 5 aromatic carbocycles. The zero-order valence-corrected chi connectivity index (χ0v) is 31.2. The fourth-order valence-corrected chi connectivity index (χ4v) is 9.84. The number of anilines is 2. The number of sulfonamides is 2. The largest absolute Gasteiger partial charge is 0.479 e. The molecule has 16 heteroatoms. The molecule has 1 aliphatic heterocycles. The van der Waals surface area contributed by atoms with E-state index in [0.29, 0.717) is 23.7 Å². The minimum Gasteiger partial charge on any atom is -0.479 e. The number of carboxylic acid groups (broad SMARTS) is 1. The van der Waals surface area contributed by atoms with Crippen molar-refractivity contribution in [2.24, 2.45) is 0 Å². The summed E-state index contributed by atoms with van der Waals surface area (Å²) in [5, 5.41) is 11.0. The van der Waals surface area contributed by atoms with Crippen LogP contribution in [-0.2, 0) is 29.6 Å². The van der Waals surface area contributed by atoms with Gasteiger partial charge in [0.15, 0.2) is 6.04 Å². The highest BCUT2D eigenvalue weighted by molar-refractivity contribution is 7.93. The third-order valence-electron chi connectivity index (χ3n) is 8.93. The second kappa shape index (κ2) is 15.8. The standard InChI is InChI=1S/C38H31Cl2F2N3O7S2/c39-26-15-19-28(20-16-26)44(24-35(46)43-23-7-12-32(43)25-8-2-1-3-9-25)53(49,50)34-14-6-10-30(36(34)42)37(38(47)48)45(29-21-17-27(40)18-22-29)54(51,52)33-13-5-4-11-31(33)41/h1-6,8-11,13-22,32,37H,7,12,23-24H2,(H,47,48). The molecule has 1 N–H and O–H groups in total. The normalized spacial score (nSPS) is 15.1. The van der Waals surface area contributed by atoms with Crippen molar-refractivity contribution >= 4 is 66.5 Å². The van der Waals surface area contributed by atoms with Gasteiger partial charge in [-0.2, -0.15) is 0 Å². The first-order valence-corrected chi connectivity index (χ1v) is 20.0. The molecular formula is C38H31Cl2F2N3O7S2. The average molecular weight is 815 g/mol. The van der Waals surface area contributed by atoms with Crippen LogP contribution in [0.4, 0.5) is 20.2 Å².